The molecule has 0 bridgehead atoms. The summed E-state index contributed by atoms with van der Waals surface area (Å²) in [6.45, 7) is 1.82. The lowest BCUT2D eigenvalue weighted by molar-refractivity contribution is 0.161. The molecule has 1 heterocycles. The first-order valence-electron chi connectivity index (χ1n) is 5.48. The van der Waals surface area contributed by atoms with Gasteiger partial charge in [-0.05, 0) is 31.4 Å². The van der Waals surface area contributed by atoms with Crippen molar-refractivity contribution in [2.75, 3.05) is 18.0 Å². The van der Waals surface area contributed by atoms with Crippen LogP contribution in [0, 0.1) is 0 Å². The summed E-state index contributed by atoms with van der Waals surface area (Å²) in [5, 5.41) is 18.9. The Balaban J connectivity index is 2.09. The Morgan fingerprint density at radius 3 is 2.87 bits per heavy atom. The number of hydrogen-bond acceptors (Lipinski definition) is 3. The van der Waals surface area contributed by atoms with Crippen molar-refractivity contribution in [3.63, 3.8) is 0 Å². The highest BCUT2D eigenvalue weighted by atomic mass is 16.3. The van der Waals surface area contributed by atoms with Gasteiger partial charge >= 0.3 is 0 Å². The molecule has 0 spiro atoms. The van der Waals surface area contributed by atoms with E-state index in [0.29, 0.717) is 5.75 Å². The predicted octanol–water partition coefficient (Wildman–Crippen LogP) is 1.74. The molecule has 1 aliphatic heterocycles. The molecule has 0 radical (unpaired) electrons. The summed E-state index contributed by atoms with van der Waals surface area (Å²) in [6.07, 6.45) is 2.55. The Morgan fingerprint density at radius 1 is 1.20 bits per heavy atom. The second-order valence-electron chi connectivity index (χ2n) is 4.09. The number of phenolic OH excluding ortho intramolecular Hbond substituents is 1. The highest BCUT2D eigenvalue weighted by Crippen LogP contribution is 2.23. The molecule has 1 aliphatic rings. The lowest BCUT2D eigenvalue weighted by atomic mass is 10.2. The van der Waals surface area contributed by atoms with Crippen molar-refractivity contribution in [1.82, 2.24) is 0 Å². The SMILES string of the molecule is Oc1cccc(N2CCCC(O)CC2)c1. The van der Waals surface area contributed by atoms with Crippen molar-refractivity contribution < 1.29 is 10.2 Å². The van der Waals surface area contributed by atoms with Gasteiger partial charge in [-0.1, -0.05) is 6.07 Å². The zero-order chi connectivity index (χ0) is 10.7. The van der Waals surface area contributed by atoms with Gasteiger partial charge in [0.05, 0.1) is 6.10 Å². The molecule has 1 unspecified atom stereocenters. The van der Waals surface area contributed by atoms with E-state index in [1.807, 2.05) is 12.1 Å². The molecule has 0 saturated carbocycles. The van der Waals surface area contributed by atoms with Crippen LogP contribution in [0.4, 0.5) is 5.69 Å². The number of benzene rings is 1. The summed E-state index contributed by atoms with van der Waals surface area (Å²) < 4.78 is 0. The van der Waals surface area contributed by atoms with Gasteiger partial charge in [-0.2, -0.15) is 0 Å². The Morgan fingerprint density at radius 2 is 2.07 bits per heavy atom. The van der Waals surface area contributed by atoms with Gasteiger partial charge in [0.1, 0.15) is 5.75 Å². The highest BCUT2D eigenvalue weighted by Gasteiger charge is 2.15. The van der Waals surface area contributed by atoms with E-state index in [1.54, 1.807) is 12.1 Å². The van der Waals surface area contributed by atoms with Crippen LogP contribution in [0.1, 0.15) is 19.3 Å². The number of aliphatic hydroxyl groups excluding tert-OH is 1. The van der Waals surface area contributed by atoms with Gasteiger partial charge in [0.2, 0.25) is 0 Å². The summed E-state index contributed by atoms with van der Waals surface area (Å²) in [5.41, 5.74) is 1.05. The molecule has 3 nitrogen and oxygen atoms in total. The third kappa shape index (κ3) is 2.63. The van der Waals surface area contributed by atoms with E-state index in [1.165, 1.54) is 0 Å². The molecule has 2 rings (SSSR count). The van der Waals surface area contributed by atoms with Gasteiger partial charge in [0.15, 0.2) is 0 Å². The van der Waals surface area contributed by atoms with E-state index in [0.717, 1.165) is 38.0 Å². The summed E-state index contributed by atoms with van der Waals surface area (Å²) in [4.78, 5) is 2.22. The zero-order valence-electron chi connectivity index (χ0n) is 8.76. The van der Waals surface area contributed by atoms with Gasteiger partial charge in [-0.3, -0.25) is 0 Å². The molecule has 0 aromatic heterocycles. The van der Waals surface area contributed by atoms with Crippen LogP contribution in [0.5, 0.6) is 5.75 Å². The smallest absolute Gasteiger partial charge is 0.117 e. The van der Waals surface area contributed by atoms with E-state index in [-0.39, 0.29) is 6.10 Å². The summed E-state index contributed by atoms with van der Waals surface area (Å²) in [5.74, 6) is 0.303. The molecule has 15 heavy (non-hydrogen) atoms. The molecule has 1 saturated heterocycles. The van der Waals surface area contributed by atoms with E-state index in [9.17, 15) is 10.2 Å². The number of hydrogen-bond donors (Lipinski definition) is 2. The fourth-order valence-electron chi connectivity index (χ4n) is 2.03. The largest absolute Gasteiger partial charge is 0.508 e. The van der Waals surface area contributed by atoms with Crippen LogP contribution in [-0.2, 0) is 0 Å². The first-order chi connectivity index (χ1) is 7.25. The average Bonchev–Trinajstić information content (AvgIpc) is 2.43. The van der Waals surface area contributed by atoms with E-state index >= 15 is 0 Å². The quantitative estimate of drug-likeness (QED) is 0.737. The minimum atomic E-state index is -0.160. The molecule has 0 aliphatic carbocycles. The van der Waals surface area contributed by atoms with Crippen molar-refractivity contribution in [3.8, 4) is 5.75 Å². The van der Waals surface area contributed by atoms with E-state index in [2.05, 4.69) is 4.90 Å². The Labute approximate surface area is 90.0 Å². The van der Waals surface area contributed by atoms with Gasteiger partial charge in [0, 0.05) is 24.8 Å². The maximum absolute atomic E-state index is 9.53. The van der Waals surface area contributed by atoms with Gasteiger partial charge in [-0.25, -0.2) is 0 Å². The number of anilines is 1. The van der Waals surface area contributed by atoms with Crippen molar-refractivity contribution in [2.45, 2.75) is 25.4 Å². The van der Waals surface area contributed by atoms with Gasteiger partial charge in [-0.15, -0.1) is 0 Å². The second-order valence-corrected chi connectivity index (χ2v) is 4.09. The van der Waals surface area contributed by atoms with Crippen molar-refractivity contribution in [3.05, 3.63) is 24.3 Å². The van der Waals surface area contributed by atoms with Crippen LogP contribution >= 0.6 is 0 Å². The average molecular weight is 207 g/mol. The number of phenols is 1. The Kier molecular flexibility index (Phi) is 3.11. The van der Waals surface area contributed by atoms with Crippen molar-refractivity contribution in [1.29, 1.82) is 0 Å². The Hall–Kier alpha value is -1.22. The van der Waals surface area contributed by atoms with E-state index in [4.69, 9.17) is 0 Å². The fraction of sp³-hybridized carbons (Fsp3) is 0.500. The molecule has 2 N–H and O–H groups in total. The lowest BCUT2D eigenvalue weighted by Crippen LogP contribution is -2.24. The van der Waals surface area contributed by atoms with Crippen LogP contribution in [0.3, 0.4) is 0 Å². The summed E-state index contributed by atoms with van der Waals surface area (Å²) in [6, 6.07) is 7.30. The molecule has 1 aromatic rings. The first kappa shape index (κ1) is 10.3. The molecular weight excluding hydrogens is 190 g/mol. The van der Waals surface area contributed by atoms with Crippen molar-refractivity contribution >= 4 is 5.69 Å². The van der Waals surface area contributed by atoms with Crippen LogP contribution in [0.25, 0.3) is 0 Å². The molecule has 0 amide bonds. The Bertz CT molecular complexity index is 327. The molecule has 82 valence electrons. The second kappa shape index (κ2) is 4.53. The summed E-state index contributed by atoms with van der Waals surface area (Å²) in [7, 11) is 0. The van der Waals surface area contributed by atoms with Crippen molar-refractivity contribution in [2.24, 2.45) is 0 Å². The number of rotatable bonds is 1. The van der Waals surface area contributed by atoms with E-state index < -0.39 is 0 Å². The monoisotopic (exact) mass is 207 g/mol. The van der Waals surface area contributed by atoms with Crippen LogP contribution in [-0.4, -0.2) is 29.4 Å². The van der Waals surface area contributed by atoms with Crippen LogP contribution < -0.4 is 4.90 Å². The summed E-state index contributed by atoms with van der Waals surface area (Å²) >= 11 is 0. The number of aliphatic hydroxyl groups is 1. The topological polar surface area (TPSA) is 43.7 Å². The van der Waals surface area contributed by atoms with Gasteiger partial charge in [0.25, 0.3) is 0 Å². The first-order valence-corrected chi connectivity index (χ1v) is 5.48. The molecule has 3 heteroatoms. The standard InChI is InChI=1S/C12H17NO2/c14-11-5-2-7-13(8-6-11)10-3-1-4-12(15)9-10/h1,3-4,9,11,14-15H,2,5-8H2. The number of nitrogens with zero attached hydrogens (tertiary/aromatic N) is 1. The normalized spacial score (nSPS) is 22.5. The maximum Gasteiger partial charge on any atom is 0.117 e. The maximum atomic E-state index is 9.53. The number of aromatic hydroxyl groups is 1. The predicted molar refractivity (Wildman–Crippen MR) is 60.2 cm³/mol. The molecule has 1 atom stereocenters. The molecule has 1 fully saturated rings. The fourth-order valence-corrected chi connectivity index (χ4v) is 2.03. The molecule has 1 aromatic carbocycles. The highest BCUT2D eigenvalue weighted by molar-refractivity contribution is 5.50. The van der Waals surface area contributed by atoms with Gasteiger partial charge < -0.3 is 15.1 Å². The molecular formula is C12H17NO2. The van der Waals surface area contributed by atoms with Crippen LogP contribution in [0.15, 0.2) is 24.3 Å². The minimum Gasteiger partial charge on any atom is -0.508 e. The third-order valence-corrected chi connectivity index (χ3v) is 2.89. The third-order valence-electron chi connectivity index (χ3n) is 2.89. The lowest BCUT2D eigenvalue weighted by Gasteiger charge is -2.22. The minimum absolute atomic E-state index is 0.160. The zero-order valence-corrected chi connectivity index (χ0v) is 8.76. The van der Waals surface area contributed by atoms with Crippen LogP contribution in [0.2, 0.25) is 0 Å².